The van der Waals surface area contributed by atoms with E-state index in [1.165, 1.54) is 5.56 Å². The van der Waals surface area contributed by atoms with Crippen molar-refractivity contribution in [2.24, 2.45) is 10.7 Å². The van der Waals surface area contributed by atoms with Gasteiger partial charge in [-0.1, -0.05) is 12.1 Å². The lowest BCUT2D eigenvalue weighted by molar-refractivity contribution is 0.583. The molecule has 3 heteroatoms. The zero-order chi connectivity index (χ0) is 11.5. The van der Waals surface area contributed by atoms with E-state index in [1.807, 2.05) is 52.0 Å². The van der Waals surface area contributed by atoms with Crippen LogP contribution in [0.5, 0.6) is 0 Å². The number of aliphatic imine (C=N–C) groups is 1. The Morgan fingerprint density at radius 2 is 2.00 bits per heavy atom. The second-order valence-electron chi connectivity index (χ2n) is 4.66. The van der Waals surface area contributed by atoms with E-state index < -0.39 is 0 Å². The van der Waals surface area contributed by atoms with Gasteiger partial charge in [0.1, 0.15) is 0 Å². The number of hydrogen-bond acceptors (Lipinski definition) is 1. The lowest BCUT2D eigenvalue weighted by Gasteiger charge is -2.14. The fourth-order valence-corrected chi connectivity index (χ4v) is 1.26. The topological polar surface area (TPSA) is 50.4 Å². The SMILES string of the molecule is Cc1cccc(NC(N)=NC(C)(C)C)c1. The molecule has 0 spiro atoms. The summed E-state index contributed by atoms with van der Waals surface area (Å²) in [5.41, 5.74) is 7.80. The molecule has 15 heavy (non-hydrogen) atoms. The molecule has 0 unspecified atom stereocenters. The second kappa shape index (κ2) is 4.34. The van der Waals surface area contributed by atoms with Gasteiger partial charge in [-0.25, -0.2) is 4.99 Å². The molecule has 0 aliphatic rings. The van der Waals surface area contributed by atoms with E-state index in [4.69, 9.17) is 5.73 Å². The standard InChI is InChI=1S/C12H19N3/c1-9-6-5-7-10(8-9)14-11(13)15-12(2,3)4/h5-8H,1-4H3,(H3,13,14,15). The van der Waals surface area contributed by atoms with Crippen LogP contribution in [0.25, 0.3) is 0 Å². The van der Waals surface area contributed by atoms with Crippen molar-refractivity contribution in [1.29, 1.82) is 0 Å². The van der Waals surface area contributed by atoms with Crippen LogP contribution in [0.15, 0.2) is 29.3 Å². The molecule has 0 atom stereocenters. The van der Waals surface area contributed by atoms with Crippen molar-refractivity contribution in [1.82, 2.24) is 0 Å². The van der Waals surface area contributed by atoms with E-state index in [1.54, 1.807) is 0 Å². The van der Waals surface area contributed by atoms with Gasteiger partial charge in [-0.3, -0.25) is 0 Å². The third-order valence-electron chi connectivity index (χ3n) is 1.75. The van der Waals surface area contributed by atoms with Crippen molar-refractivity contribution in [2.75, 3.05) is 5.32 Å². The molecule has 3 N–H and O–H groups in total. The average molecular weight is 205 g/mol. The van der Waals surface area contributed by atoms with Crippen molar-refractivity contribution in [2.45, 2.75) is 33.2 Å². The molecule has 0 aliphatic heterocycles. The van der Waals surface area contributed by atoms with Crippen molar-refractivity contribution < 1.29 is 0 Å². The lowest BCUT2D eigenvalue weighted by atomic mass is 10.1. The Morgan fingerprint density at radius 3 is 2.53 bits per heavy atom. The maximum atomic E-state index is 5.78. The maximum Gasteiger partial charge on any atom is 0.193 e. The summed E-state index contributed by atoms with van der Waals surface area (Å²) < 4.78 is 0. The first kappa shape index (κ1) is 11.6. The molecule has 0 saturated carbocycles. The van der Waals surface area contributed by atoms with E-state index in [2.05, 4.69) is 10.3 Å². The monoisotopic (exact) mass is 205 g/mol. The quantitative estimate of drug-likeness (QED) is 0.546. The highest BCUT2D eigenvalue weighted by Crippen LogP contribution is 2.10. The fraction of sp³-hybridized carbons (Fsp3) is 0.417. The zero-order valence-electron chi connectivity index (χ0n) is 9.83. The van der Waals surface area contributed by atoms with Gasteiger partial charge in [0.2, 0.25) is 0 Å². The third kappa shape index (κ3) is 4.49. The first-order valence-corrected chi connectivity index (χ1v) is 5.06. The van der Waals surface area contributed by atoms with Gasteiger partial charge >= 0.3 is 0 Å². The molecule has 0 fully saturated rings. The van der Waals surface area contributed by atoms with Crippen LogP contribution < -0.4 is 11.1 Å². The van der Waals surface area contributed by atoms with Gasteiger partial charge in [0.05, 0.1) is 5.54 Å². The molecule has 0 heterocycles. The largest absolute Gasteiger partial charge is 0.370 e. The minimum Gasteiger partial charge on any atom is -0.370 e. The van der Waals surface area contributed by atoms with E-state index >= 15 is 0 Å². The molecular formula is C12H19N3. The van der Waals surface area contributed by atoms with E-state index in [-0.39, 0.29) is 5.54 Å². The van der Waals surface area contributed by atoms with Gasteiger partial charge in [0.25, 0.3) is 0 Å². The molecule has 82 valence electrons. The number of rotatable bonds is 1. The van der Waals surface area contributed by atoms with Gasteiger partial charge in [-0.15, -0.1) is 0 Å². The smallest absolute Gasteiger partial charge is 0.193 e. The van der Waals surface area contributed by atoms with Crippen molar-refractivity contribution in [3.8, 4) is 0 Å². The van der Waals surface area contributed by atoms with Crippen LogP contribution in [0.4, 0.5) is 5.69 Å². The number of aryl methyl sites for hydroxylation is 1. The Labute approximate surface area is 91.4 Å². The van der Waals surface area contributed by atoms with Gasteiger partial charge in [-0.05, 0) is 45.4 Å². The summed E-state index contributed by atoms with van der Waals surface area (Å²) in [4.78, 5) is 4.32. The first-order chi connectivity index (χ1) is 6.87. The summed E-state index contributed by atoms with van der Waals surface area (Å²) >= 11 is 0. The third-order valence-corrected chi connectivity index (χ3v) is 1.75. The molecule has 0 amide bonds. The van der Waals surface area contributed by atoms with Crippen LogP contribution >= 0.6 is 0 Å². The Morgan fingerprint density at radius 1 is 1.33 bits per heavy atom. The lowest BCUT2D eigenvalue weighted by Crippen LogP contribution is -2.27. The maximum absolute atomic E-state index is 5.78. The predicted molar refractivity (Wildman–Crippen MR) is 66.2 cm³/mol. The Bertz CT molecular complexity index is 361. The summed E-state index contributed by atoms with van der Waals surface area (Å²) in [5.74, 6) is 0.452. The molecule has 0 aliphatic carbocycles. The minimum absolute atomic E-state index is 0.152. The molecule has 1 aromatic carbocycles. The number of nitrogens with two attached hydrogens (primary N) is 1. The zero-order valence-corrected chi connectivity index (χ0v) is 9.83. The van der Waals surface area contributed by atoms with Gasteiger partial charge in [-0.2, -0.15) is 0 Å². The molecule has 0 saturated heterocycles. The minimum atomic E-state index is -0.152. The van der Waals surface area contributed by atoms with Crippen LogP contribution in [0.3, 0.4) is 0 Å². The molecule has 0 aromatic heterocycles. The second-order valence-corrected chi connectivity index (χ2v) is 4.66. The Balaban J connectivity index is 2.75. The Kier molecular flexibility index (Phi) is 3.35. The number of guanidine groups is 1. The molecule has 0 bridgehead atoms. The number of nitrogens with one attached hydrogen (secondary N) is 1. The van der Waals surface area contributed by atoms with Gasteiger partial charge in [0, 0.05) is 5.69 Å². The molecule has 0 radical (unpaired) electrons. The van der Waals surface area contributed by atoms with Gasteiger partial charge in [0.15, 0.2) is 5.96 Å². The molecule has 3 nitrogen and oxygen atoms in total. The van der Waals surface area contributed by atoms with E-state index in [0.717, 1.165) is 5.69 Å². The van der Waals surface area contributed by atoms with Crippen molar-refractivity contribution in [3.63, 3.8) is 0 Å². The normalized spacial score (nSPS) is 12.7. The molecular weight excluding hydrogens is 186 g/mol. The highest BCUT2D eigenvalue weighted by molar-refractivity contribution is 5.92. The molecule has 1 aromatic rings. The summed E-state index contributed by atoms with van der Waals surface area (Å²) in [5, 5.41) is 3.07. The first-order valence-electron chi connectivity index (χ1n) is 5.06. The number of nitrogens with zero attached hydrogens (tertiary/aromatic N) is 1. The Hall–Kier alpha value is -1.51. The van der Waals surface area contributed by atoms with Crippen LogP contribution in [-0.4, -0.2) is 11.5 Å². The van der Waals surface area contributed by atoms with Crippen LogP contribution in [0.1, 0.15) is 26.3 Å². The van der Waals surface area contributed by atoms with E-state index in [0.29, 0.717) is 5.96 Å². The predicted octanol–water partition coefficient (Wildman–Crippen LogP) is 2.52. The van der Waals surface area contributed by atoms with Crippen molar-refractivity contribution >= 4 is 11.6 Å². The summed E-state index contributed by atoms with van der Waals surface area (Å²) in [7, 11) is 0. The van der Waals surface area contributed by atoms with Crippen LogP contribution in [0, 0.1) is 6.92 Å². The summed E-state index contributed by atoms with van der Waals surface area (Å²) in [6.45, 7) is 8.08. The number of hydrogen-bond donors (Lipinski definition) is 2. The van der Waals surface area contributed by atoms with E-state index in [9.17, 15) is 0 Å². The van der Waals surface area contributed by atoms with Crippen molar-refractivity contribution in [3.05, 3.63) is 29.8 Å². The highest BCUT2D eigenvalue weighted by atomic mass is 15.1. The van der Waals surface area contributed by atoms with Gasteiger partial charge < -0.3 is 11.1 Å². The fourth-order valence-electron chi connectivity index (χ4n) is 1.26. The highest BCUT2D eigenvalue weighted by Gasteiger charge is 2.07. The summed E-state index contributed by atoms with van der Waals surface area (Å²) in [6, 6.07) is 8.04. The molecule has 1 rings (SSSR count). The van der Waals surface area contributed by atoms with Crippen LogP contribution in [-0.2, 0) is 0 Å². The number of benzene rings is 1. The summed E-state index contributed by atoms with van der Waals surface area (Å²) in [6.07, 6.45) is 0. The van der Waals surface area contributed by atoms with Crippen LogP contribution in [0.2, 0.25) is 0 Å². The average Bonchev–Trinajstić information content (AvgIpc) is 1.99. The number of anilines is 1.